The van der Waals surface area contributed by atoms with Gasteiger partial charge in [0, 0.05) is 25.4 Å². The van der Waals surface area contributed by atoms with Gasteiger partial charge in [0.05, 0.1) is 24.2 Å². The number of morpholine rings is 1. The molecule has 2 aliphatic heterocycles. The molecule has 0 spiro atoms. The van der Waals surface area contributed by atoms with Gasteiger partial charge in [-0.25, -0.2) is 8.42 Å². The van der Waals surface area contributed by atoms with Gasteiger partial charge < -0.3 is 15.4 Å². The molecule has 2 atom stereocenters. The summed E-state index contributed by atoms with van der Waals surface area (Å²) in [5, 5.41) is 5.88. The number of carbonyl (C=O) groups is 1. The highest BCUT2D eigenvalue weighted by atomic mass is 32.2. The smallest absolute Gasteiger partial charge is 0.249 e. The second-order valence-corrected chi connectivity index (χ2v) is 13.6. The zero-order chi connectivity index (χ0) is 29.2. The van der Waals surface area contributed by atoms with Crippen LogP contribution in [0.1, 0.15) is 24.4 Å². The molecule has 2 saturated heterocycles. The highest BCUT2D eigenvalue weighted by Crippen LogP contribution is 2.32. The maximum Gasteiger partial charge on any atom is 0.249 e. The maximum atomic E-state index is 13.7. The highest BCUT2D eigenvalue weighted by Gasteiger charge is 2.40. The Labute approximate surface area is 253 Å². The second-order valence-electron chi connectivity index (χ2n) is 10.5. The van der Waals surface area contributed by atoms with Crippen LogP contribution in [-0.4, -0.2) is 87.1 Å². The van der Waals surface area contributed by atoms with E-state index in [2.05, 4.69) is 15.5 Å². The fourth-order valence-corrected chi connectivity index (χ4v) is 8.45. The van der Waals surface area contributed by atoms with Crippen molar-refractivity contribution in [3.8, 4) is 11.1 Å². The summed E-state index contributed by atoms with van der Waals surface area (Å²) in [6.45, 7) is 6.60. The number of ether oxygens (including phenoxy) is 1. The molecule has 224 valence electrons. The van der Waals surface area contributed by atoms with Gasteiger partial charge in [-0.1, -0.05) is 72.8 Å². The van der Waals surface area contributed by atoms with E-state index in [-0.39, 0.29) is 16.8 Å². The molecule has 1 amide bonds. The summed E-state index contributed by atoms with van der Waals surface area (Å²) in [5.41, 5.74) is 2.98. The van der Waals surface area contributed by atoms with E-state index in [9.17, 15) is 13.2 Å². The molecule has 2 heterocycles. The Hall–Kier alpha value is -2.73. The van der Waals surface area contributed by atoms with Crippen molar-refractivity contribution in [2.24, 2.45) is 0 Å². The van der Waals surface area contributed by atoms with E-state index in [4.69, 9.17) is 4.74 Å². The number of hydrogen-bond donors (Lipinski definition) is 2. The van der Waals surface area contributed by atoms with Gasteiger partial charge in [-0.05, 0) is 61.3 Å². The third kappa shape index (κ3) is 8.00. The Morgan fingerprint density at radius 2 is 1.55 bits per heavy atom. The largest absolute Gasteiger partial charge is 0.379 e. The van der Waals surface area contributed by atoms with Gasteiger partial charge >= 0.3 is 0 Å². The molecule has 0 aromatic heterocycles. The van der Waals surface area contributed by atoms with Crippen LogP contribution in [0.5, 0.6) is 0 Å². The molecule has 2 fully saturated rings. The van der Waals surface area contributed by atoms with Crippen LogP contribution in [0.3, 0.4) is 0 Å². The Morgan fingerprint density at radius 3 is 2.26 bits per heavy atom. The molecule has 2 N–H and O–H groups in total. The summed E-state index contributed by atoms with van der Waals surface area (Å²) >= 11 is 1.37. The van der Waals surface area contributed by atoms with E-state index in [0.717, 1.165) is 69.0 Å². The molecular formula is C32H40N4O4S2. The van der Waals surface area contributed by atoms with Gasteiger partial charge in [0.1, 0.15) is 5.37 Å². The zero-order valence-electron chi connectivity index (χ0n) is 23.9. The summed E-state index contributed by atoms with van der Waals surface area (Å²) in [5.74, 6) is 0.295. The van der Waals surface area contributed by atoms with E-state index in [1.165, 1.54) is 16.1 Å². The Kier molecular flexibility index (Phi) is 11.1. The molecule has 0 radical (unpaired) electrons. The molecule has 5 rings (SSSR count). The maximum absolute atomic E-state index is 13.7. The van der Waals surface area contributed by atoms with Gasteiger partial charge in [0.15, 0.2) is 0 Å². The van der Waals surface area contributed by atoms with Crippen LogP contribution < -0.4 is 10.6 Å². The molecule has 10 heteroatoms. The third-order valence-corrected chi connectivity index (χ3v) is 10.9. The Morgan fingerprint density at radius 1 is 0.881 bits per heavy atom. The SMILES string of the molecule is O=C(NC(CCNCCCN1CCOCC1)c1ccccc1)C1SCCN1S(=O)(=O)c1ccc(-c2ccccc2)cc1. The van der Waals surface area contributed by atoms with E-state index >= 15 is 0 Å². The lowest BCUT2D eigenvalue weighted by Gasteiger charge is -2.27. The molecule has 3 aromatic carbocycles. The summed E-state index contributed by atoms with van der Waals surface area (Å²) < 4.78 is 34.1. The predicted octanol–water partition coefficient (Wildman–Crippen LogP) is 3.98. The molecule has 2 unspecified atom stereocenters. The molecular weight excluding hydrogens is 569 g/mol. The van der Waals surface area contributed by atoms with Gasteiger partial charge in [-0.2, -0.15) is 4.31 Å². The normalized spacial score (nSPS) is 19.0. The van der Waals surface area contributed by atoms with Gasteiger partial charge in [-0.15, -0.1) is 11.8 Å². The van der Waals surface area contributed by atoms with Crippen LogP contribution in [-0.2, 0) is 19.6 Å². The van der Waals surface area contributed by atoms with Crippen LogP contribution >= 0.6 is 11.8 Å². The molecule has 2 aliphatic rings. The predicted molar refractivity (Wildman–Crippen MR) is 169 cm³/mol. The fourth-order valence-electron chi connectivity index (χ4n) is 5.37. The Balaban J connectivity index is 1.19. The first-order valence-electron chi connectivity index (χ1n) is 14.7. The quantitative estimate of drug-likeness (QED) is 0.284. The lowest BCUT2D eigenvalue weighted by atomic mass is 10.0. The van der Waals surface area contributed by atoms with Crippen LogP contribution in [0.25, 0.3) is 11.1 Å². The van der Waals surface area contributed by atoms with Crippen molar-refractivity contribution < 1.29 is 17.9 Å². The van der Waals surface area contributed by atoms with Crippen molar-refractivity contribution in [1.82, 2.24) is 19.8 Å². The lowest BCUT2D eigenvalue weighted by Crippen LogP contribution is -2.46. The number of rotatable bonds is 13. The number of nitrogens with zero attached hydrogens (tertiary/aromatic N) is 2. The van der Waals surface area contributed by atoms with Crippen LogP contribution in [0.15, 0.2) is 89.8 Å². The van der Waals surface area contributed by atoms with Gasteiger partial charge in [-0.3, -0.25) is 9.69 Å². The highest BCUT2D eigenvalue weighted by molar-refractivity contribution is 8.02. The van der Waals surface area contributed by atoms with E-state index in [0.29, 0.717) is 18.7 Å². The van der Waals surface area contributed by atoms with Crippen molar-refractivity contribution in [2.45, 2.75) is 29.2 Å². The van der Waals surface area contributed by atoms with Crippen molar-refractivity contribution in [2.75, 3.05) is 58.2 Å². The molecule has 0 bridgehead atoms. The summed E-state index contributed by atoms with van der Waals surface area (Å²) in [4.78, 5) is 16.2. The van der Waals surface area contributed by atoms with E-state index < -0.39 is 15.4 Å². The zero-order valence-corrected chi connectivity index (χ0v) is 25.5. The van der Waals surface area contributed by atoms with Crippen molar-refractivity contribution in [1.29, 1.82) is 0 Å². The van der Waals surface area contributed by atoms with Crippen molar-refractivity contribution in [3.05, 3.63) is 90.5 Å². The van der Waals surface area contributed by atoms with Crippen LogP contribution in [0, 0.1) is 0 Å². The number of amides is 1. The molecule has 0 saturated carbocycles. The monoisotopic (exact) mass is 608 g/mol. The molecule has 3 aromatic rings. The minimum absolute atomic E-state index is 0.198. The number of sulfonamides is 1. The topological polar surface area (TPSA) is 91.0 Å². The summed E-state index contributed by atoms with van der Waals surface area (Å²) in [6.07, 6.45) is 1.76. The Bertz CT molecular complexity index is 1370. The second kappa shape index (κ2) is 15.1. The summed E-state index contributed by atoms with van der Waals surface area (Å²) in [7, 11) is -3.84. The average Bonchev–Trinajstić information content (AvgIpc) is 3.55. The first-order chi connectivity index (χ1) is 20.5. The first kappa shape index (κ1) is 30.7. The number of thioether (sulfide) groups is 1. The summed E-state index contributed by atoms with van der Waals surface area (Å²) in [6, 6.07) is 26.4. The molecule has 42 heavy (non-hydrogen) atoms. The van der Waals surface area contributed by atoms with Gasteiger partial charge in [0.2, 0.25) is 15.9 Å². The van der Waals surface area contributed by atoms with Crippen LogP contribution in [0.4, 0.5) is 0 Å². The fraction of sp³-hybridized carbons (Fsp3) is 0.406. The number of carbonyl (C=O) groups excluding carboxylic acids is 1. The van der Waals surface area contributed by atoms with E-state index in [1.54, 1.807) is 12.1 Å². The van der Waals surface area contributed by atoms with Crippen LogP contribution in [0.2, 0.25) is 0 Å². The third-order valence-electron chi connectivity index (χ3n) is 7.70. The molecule has 8 nitrogen and oxygen atoms in total. The lowest BCUT2D eigenvalue weighted by molar-refractivity contribution is -0.122. The minimum Gasteiger partial charge on any atom is -0.379 e. The number of nitrogens with one attached hydrogen (secondary N) is 2. The first-order valence-corrected chi connectivity index (χ1v) is 17.2. The number of hydrogen-bond acceptors (Lipinski definition) is 7. The minimum atomic E-state index is -3.84. The average molecular weight is 609 g/mol. The van der Waals surface area contributed by atoms with Crippen molar-refractivity contribution in [3.63, 3.8) is 0 Å². The molecule has 0 aliphatic carbocycles. The van der Waals surface area contributed by atoms with Gasteiger partial charge in [0.25, 0.3) is 0 Å². The number of benzene rings is 3. The van der Waals surface area contributed by atoms with Crippen molar-refractivity contribution >= 4 is 27.7 Å². The van der Waals surface area contributed by atoms with E-state index in [1.807, 2.05) is 72.8 Å². The standard InChI is InChI=1S/C32H40N4O4S2/c37-31(34-30(28-10-5-2-6-11-28)16-18-33-17-7-19-35-20-23-40-24-21-35)32-36(22-25-41-32)42(38,39)29-14-12-27(13-15-29)26-8-3-1-4-9-26/h1-6,8-15,30,32-33H,7,16-25H2,(H,34,37).